The second-order valence-corrected chi connectivity index (χ2v) is 4.21. The zero-order valence-electron chi connectivity index (χ0n) is 11.0. The zero-order chi connectivity index (χ0) is 14.5. The predicted molar refractivity (Wildman–Crippen MR) is 72.6 cm³/mol. The molecule has 0 aliphatic rings. The molecule has 20 heavy (non-hydrogen) atoms. The minimum atomic E-state index is -2.59. The van der Waals surface area contributed by atoms with E-state index in [0.717, 1.165) is 0 Å². The lowest BCUT2D eigenvalue weighted by Crippen LogP contribution is -2.27. The van der Waals surface area contributed by atoms with Crippen LogP contribution in [0.25, 0.3) is 0 Å². The largest absolute Gasteiger partial charge is 0.473 e. The van der Waals surface area contributed by atoms with Gasteiger partial charge in [-0.1, -0.05) is 18.2 Å². The highest BCUT2D eigenvalue weighted by Crippen LogP contribution is 2.30. The van der Waals surface area contributed by atoms with E-state index in [0.29, 0.717) is 17.1 Å². The number of hydrogen-bond acceptors (Lipinski definition) is 4. The second kappa shape index (κ2) is 6.29. The van der Waals surface area contributed by atoms with Crippen LogP contribution in [0.5, 0.6) is 5.88 Å². The van der Waals surface area contributed by atoms with E-state index in [1.165, 1.54) is 11.1 Å². The number of pyridine rings is 1. The van der Waals surface area contributed by atoms with Crippen molar-refractivity contribution in [1.82, 2.24) is 4.98 Å². The van der Waals surface area contributed by atoms with Crippen molar-refractivity contribution in [2.45, 2.75) is 13.0 Å². The summed E-state index contributed by atoms with van der Waals surface area (Å²) in [6.45, 7) is -0.0194. The number of ether oxygens (including phenoxy) is 1. The smallest absolute Gasteiger partial charge is 0.264 e. The van der Waals surface area contributed by atoms with Gasteiger partial charge in [0, 0.05) is 30.4 Å². The molecule has 0 saturated heterocycles. The first-order valence-electron chi connectivity index (χ1n) is 6.01. The van der Waals surface area contributed by atoms with E-state index in [4.69, 9.17) is 10.6 Å². The third kappa shape index (κ3) is 3.21. The van der Waals surface area contributed by atoms with Crippen LogP contribution >= 0.6 is 0 Å². The van der Waals surface area contributed by atoms with Crippen molar-refractivity contribution < 1.29 is 13.5 Å². The van der Waals surface area contributed by atoms with Gasteiger partial charge >= 0.3 is 0 Å². The van der Waals surface area contributed by atoms with E-state index in [1.54, 1.807) is 43.6 Å². The molecule has 0 aliphatic carbocycles. The summed E-state index contributed by atoms with van der Waals surface area (Å²) < 4.78 is 31.6. The highest BCUT2D eigenvalue weighted by Gasteiger charge is 2.18. The van der Waals surface area contributed by atoms with Gasteiger partial charge in [-0.05, 0) is 12.1 Å². The molecule has 0 amide bonds. The van der Waals surface area contributed by atoms with Gasteiger partial charge in [0.2, 0.25) is 5.88 Å². The van der Waals surface area contributed by atoms with Crippen LogP contribution in [-0.2, 0) is 6.61 Å². The van der Waals surface area contributed by atoms with Gasteiger partial charge in [0.25, 0.3) is 6.43 Å². The number of anilines is 1. The van der Waals surface area contributed by atoms with Gasteiger partial charge < -0.3 is 9.75 Å². The van der Waals surface area contributed by atoms with Crippen LogP contribution in [0.1, 0.15) is 17.6 Å². The number of hydrazine groups is 1. The zero-order valence-corrected chi connectivity index (χ0v) is 11.0. The molecule has 4 nitrogen and oxygen atoms in total. The Labute approximate surface area is 115 Å². The van der Waals surface area contributed by atoms with Crippen molar-refractivity contribution >= 4 is 5.69 Å². The number of alkyl halides is 2. The molecule has 106 valence electrons. The Morgan fingerprint density at radius 3 is 2.65 bits per heavy atom. The maximum Gasteiger partial charge on any atom is 0.264 e. The molecule has 1 aromatic heterocycles. The van der Waals surface area contributed by atoms with Gasteiger partial charge in [-0.25, -0.2) is 19.6 Å². The molecule has 0 aliphatic heterocycles. The average Bonchev–Trinajstić information content (AvgIpc) is 2.45. The highest BCUT2D eigenvalue weighted by molar-refractivity contribution is 5.55. The molecular formula is C14H15F2N3O. The van der Waals surface area contributed by atoms with Crippen LogP contribution in [0.15, 0.2) is 42.6 Å². The molecule has 0 bridgehead atoms. The number of nitrogens with zero attached hydrogens (tertiary/aromatic N) is 2. The predicted octanol–water partition coefficient (Wildman–Crippen LogP) is 2.91. The van der Waals surface area contributed by atoms with Crippen LogP contribution in [0.3, 0.4) is 0 Å². The lowest BCUT2D eigenvalue weighted by molar-refractivity contribution is 0.148. The van der Waals surface area contributed by atoms with Crippen molar-refractivity contribution in [3.63, 3.8) is 0 Å². The molecule has 0 saturated carbocycles. The van der Waals surface area contributed by atoms with Crippen LogP contribution < -0.4 is 15.6 Å². The maximum atomic E-state index is 13.1. The minimum absolute atomic E-state index is 0.0194. The van der Waals surface area contributed by atoms with Gasteiger partial charge in [-0.15, -0.1) is 0 Å². The molecule has 2 aromatic rings. The fraction of sp³-hybridized carbons (Fsp3) is 0.214. The summed E-state index contributed by atoms with van der Waals surface area (Å²) in [4.78, 5) is 3.99. The van der Waals surface area contributed by atoms with Crippen LogP contribution in [0, 0.1) is 0 Å². The van der Waals surface area contributed by atoms with E-state index in [1.807, 2.05) is 0 Å². The molecule has 0 atom stereocenters. The number of benzene rings is 1. The van der Waals surface area contributed by atoms with Crippen LogP contribution in [0.4, 0.5) is 14.5 Å². The van der Waals surface area contributed by atoms with Crippen molar-refractivity contribution in [2.75, 3.05) is 12.1 Å². The Morgan fingerprint density at radius 1 is 1.25 bits per heavy atom. The summed E-state index contributed by atoms with van der Waals surface area (Å²) in [5, 5.41) is 1.29. The molecule has 0 unspecified atom stereocenters. The molecule has 0 radical (unpaired) electrons. The summed E-state index contributed by atoms with van der Waals surface area (Å²) in [6.07, 6.45) is -1.01. The van der Waals surface area contributed by atoms with Gasteiger partial charge in [0.15, 0.2) is 0 Å². The topological polar surface area (TPSA) is 51.4 Å². The monoisotopic (exact) mass is 279 g/mol. The molecule has 2 rings (SSSR count). The molecule has 0 fully saturated rings. The summed E-state index contributed by atoms with van der Waals surface area (Å²) in [6, 6.07) is 9.76. The number of hydrogen-bond donors (Lipinski definition) is 1. The van der Waals surface area contributed by atoms with E-state index >= 15 is 0 Å². The molecular weight excluding hydrogens is 264 g/mol. The van der Waals surface area contributed by atoms with Gasteiger partial charge in [-0.2, -0.15) is 0 Å². The Bertz CT molecular complexity index is 535. The average molecular weight is 279 g/mol. The van der Waals surface area contributed by atoms with Crippen LogP contribution in [-0.4, -0.2) is 12.0 Å². The summed E-state index contributed by atoms with van der Waals surface area (Å²) in [5.41, 5.74) is 0.771. The fourth-order valence-corrected chi connectivity index (χ4v) is 1.86. The summed E-state index contributed by atoms with van der Waals surface area (Å²) in [7, 11) is 1.59. The number of nitrogens with two attached hydrogens (primary N) is 1. The lowest BCUT2D eigenvalue weighted by Gasteiger charge is -2.20. The lowest BCUT2D eigenvalue weighted by atomic mass is 10.1. The van der Waals surface area contributed by atoms with Crippen molar-refractivity contribution in [3.05, 3.63) is 53.7 Å². The SMILES string of the molecule is CN(N)c1cccc(C(F)F)c1COc1ccccn1. The summed E-state index contributed by atoms with van der Waals surface area (Å²) >= 11 is 0. The van der Waals surface area contributed by atoms with Crippen LogP contribution in [0.2, 0.25) is 0 Å². The molecule has 0 spiro atoms. The quantitative estimate of drug-likeness (QED) is 0.675. The normalized spacial score (nSPS) is 10.7. The number of halogens is 2. The molecule has 1 heterocycles. The third-order valence-corrected chi connectivity index (χ3v) is 2.80. The number of aromatic nitrogens is 1. The third-order valence-electron chi connectivity index (χ3n) is 2.80. The van der Waals surface area contributed by atoms with Crippen molar-refractivity contribution in [1.29, 1.82) is 0 Å². The Hall–Kier alpha value is -2.21. The fourth-order valence-electron chi connectivity index (χ4n) is 1.86. The number of rotatable bonds is 5. The first-order valence-corrected chi connectivity index (χ1v) is 6.01. The molecule has 1 aromatic carbocycles. The molecule has 6 heteroatoms. The van der Waals surface area contributed by atoms with E-state index in [2.05, 4.69) is 4.98 Å². The van der Waals surface area contributed by atoms with Crippen molar-refractivity contribution in [3.8, 4) is 5.88 Å². The Morgan fingerprint density at radius 2 is 2.05 bits per heavy atom. The van der Waals surface area contributed by atoms with Gasteiger partial charge in [0.05, 0.1) is 5.69 Å². The Balaban J connectivity index is 2.28. The van der Waals surface area contributed by atoms with E-state index in [9.17, 15) is 8.78 Å². The second-order valence-electron chi connectivity index (χ2n) is 4.21. The Kier molecular flexibility index (Phi) is 4.47. The van der Waals surface area contributed by atoms with E-state index < -0.39 is 6.43 Å². The first kappa shape index (κ1) is 14.2. The minimum Gasteiger partial charge on any atom is -0.473 e. The van der Waals surface area contributed by atoms with Gasteiger partial charge in [-0.3, -0.25) is 0 Å². The first-order chi connectivity index (χ1) is 9.59. The summed E-state index contributed by atoms with van der Waals surface area (Å²) in [5.74, 6) is 6.05. The maximum absolute atomic E-state index is 13.1. The highest BCUT2D eigenvalue weighted by atomic mass is 19.3. The van der Waals surface area contributed by atoms with E-state index in [-0.39, 0.29) is 12.2 Å². The van der Waals surface area contributed by atoms with Crippen molar-refractivity contribution in [2.24, 2.45) is 5.84 Å². The molecule has 2 N–H and O–H groups in total. The van der Waals surface area contributed by atoms with Gasteiger partial charge in [0.1, 0.15) is 6.61 Å². The standard InChI is InChI=1S/C14H15F2N3O/c1-19(17)12-6-4-5-10(14(15)16)11(12)9-20-13-7-2-3-8-18-13/h2-8,14H,9,17H2,1H3.